The minimum Gasteiger partial charge on any atom is -0.357 e. The summed E-state index contributed by atoms with van der Waals surface area (Å²) in [4.78, 5) is 17.3. The molecule has 1 N–H and O–H groups in total. The smallest absolute Gasteiger partial charge is 0.357 e. The number of halogens is 4. The van der Waals surface area contributed by atoms with Crippen molar-refractivity contribution in [2.45, 2.75) is 19.6 Å². The average Bonchev–Trinajstić information content (AvgIpc) is 2.71. The van der Waals surface area contributed by atoms with Gasteiger partial charge in [0.2, 0.25) is 5.95 Å². The molecule has 2 aromatic rings. The van der Waals surface area contributed by atoms with Gasteiger partial charge in [-0.2, -0.15) is 13.2 Å². The van der Waals surface area contributed by atoms with Gasteiger partial charge in [0.05, 0.1) is 12.1 Å². The fourth-order valence-corrected chi connectivity index (χ4v) is 3.01. The number of hydrogen-bond donors (Lipinski definition) is 1. The Labute approximate surface area is 185 Å². The van der Waals surface area contributed by atoms with Crippen LogP contribution in [-0.4, -0.2) is 53.6 Å². The van der Waals surface area contributed by atoms with E-state index in [4.69, 9.17) is 0 Å². The molecule has 158 valence electrons. The summed E-state index contributed by atoms with van der Waals surface area (Å²) < 4.78 is 38.7. The van der Waals surface area contributed by atoms with Gasteiger partial charge >= 0.3 is 6.18 Å². The summed E-state index contributed by atoms with van der Waals surface area (Å²) in [6.45, 7) is 5.79. The van der Waals surface area contributed by atoms with Crippen molar-refractivity contribution in [1.82, 2.24) is 20.2 Å². The lowest BCUT2D eigenvalue weighted by Gasteiger charge is -2.36. The topological polar surface area (TPSA) is 56.7 Å². The molecule has 0 amide bonds. The largest absolute Gasteiger partial charge is 0.416 e. The van der Waals surface area contributed by atoms with Crippen LogP contribution in [0.25, 0.3) is 0 Å². The quantitative estimate of drug-likeness (QED) is 0.381. The molecular formula is C19H24F3IN6. The number of nitrogens with zero attached hydrogens (tertiary/aromatic N) is 5. The van der Waals surface area contributed by atoms with E-state index >= 15 is 0 Å². The summed E-state index contributed by atoms with van der Waals surface area (Å²) in [6, 6.07) is 7.08. The van der Waals surface area contributed by atoms with Crippen molar-refractivity contribution in [1.29, 1.82) is 0 Å². The van der Waals surface area contributed by atoms with E-state index in [2.05, 4.69) is 30.1 Å². The highest BCUT2D eigenvalue weighted by Crippen LogP contribution is 2.29. The number of nitrogens with one attached hydrogen (secondary N) is 1. The van der Waals surface area contributed by atoms with Gasteiger partial charge in [-0.15, -0.1) is 24.0 Å². The number of aromatic nitrogens is 2. The van der Waals surface area contributed by atoms with E-state index in [-0.39, 0.29) is 30.5 Å². The molecule has 0 radical (unpaired) electrons. The van der Waals surface area contributed by atoms with E-state index in [1.165, 1.54) is 6.07 Å². The second kappa shape index (κ2) is 10.6. The number of benzene rings is 1. The van der Waals surface area contributed by atoms with E-state index in [1.54, 1.807) is 24.5 Å². The first kappa shape index (κ1) is 23.2. The van der Waals surface area contributed by atoms with Gasteiger partial charge in [0, 0.05) is 45.1 Å². The molecule has 0 aliphatic carbocycles. The third kappa shape index (κ3) is 6.44. The molecule has 29 heavy (non-hydrogen) atoms. The highest BCUT2D eigenvalue weighted by molar-refractivity contribution is 14.0. The second-order valence-electron chi connectivity index (χ2n) is 6.39. The van der Waals surface area contributed by atoms with Crippen LogP contribution in [0.15, 0.2) is 47.7 Å². The SMILES string of the molecule is CCNC(=NCc1cccc(C(F)(F)F)c1)N1CCN(c2ncccn2)CC1.I. The van der Waals surface area contributed by atoms with Crippen molar-refractivity contribution in [3.8, 4) is 0 Å². The highest BCUT2D eigenvalue weighted by atomic mass is 127. The van der Waals surface area contributed by atoms with Crippen LogP contribution in [0.3, 0.4) is 0 Å². The monoisotopic (exact) mass is 520 g/mol. The lowest BCUT2D eigenvalue weighted by molar-refractivity contribution is -0.137. The molecule has 0 bridgehead atoms. The van der Waals surface area contributed by atoms with Crippen molar-refractivity contribution in [2.24, 2.45) is 4.99 Å². The Hall–Kier alpha value is -2.11. The van der Waals surface area contributed by atoms with Crippen LogP contribution in [0.1, 0.15) is 18.1 Å². The van der Waals surface area contributed by atoms with Gasteiger partial charge in [-0.05, 0) is 30.7 Å². The summed E-state index contributed by atoms with van der Waals surface area (Å²) in [6.07, 6.45) is -0.912. The predicted octanol–water partition coefficient (Wildman–Crippen LogP) is 3.40. The molecule has 1 saturated heterocycles. The van der Waals surface area contributed by atoms with Crippen LogP contribution in [0.5, 0.6) is 0 Å². The maximum absolute atomic E-state index is 12.9. The van der Waals surface area contributed by atoms with E-state index in [0.717, 1.165) is 38.3 Å². The van der Waals surface area contributed by atoms with E-state index in [1.807, 2.05) is 6.92 Å². The molecule has 2 heterocycles. The molecule has 10 heteroatoms. The average molecular weight is 520 g/mol. The minimum atomic E-state index is -4.35. The summed E-state index contributed by atoms with van der Waals surface area (Å²) in [7, 11) is 0. The maximum Gasteiger partial charge on any atom is 0.416 e. The van der Waals surface area contributed by atoms with Crippen LogP contribution in [0.2, 0.25) is 0 Å². The third-order valence-electron chi connectivity index (χ3n) is 4.41. The molecule has 0 spiro atoms. The molecule has 1 aliphatic rings. The van der Waals surface area contributed by atoms with Gasteiger partial charge in [-0.25, -0.2) is 15.0 Å². The number of aliphatic imine (C=N–C) groups is 1. The van der Waals surface area contributed by atoms with Crippen LogP contribution in [-0.2, 0) is 12.7 Å². The Kier molecular flexibility index (Phi) is 8.47. The van der Waals surface area contributed by atoms with Crippen LogP contribution in [0, 0.1) is 0 Å². The molecule has 0 atom stereocenters. The van der Waals surface area contributed by atoms with Crippen molar-refractivity contribution >= 4 is 35.9 Å². The first-order chi connectivity index (χ1) is 13.5. The molecule has 6 nitrogen and oxygen atoms in total. The molecule has 0 saturated carbocycles. The van der Waals surface area contributed by atoms with E-state index < -0.39 is 11.7 Å². The lowest BCUT2D eigenvalue weighted by Crippen LogP contribution is -2.52. The number of hydrogen-bond acceptors (Lipinski definition) is 4. The van der Waals surface area contributed by atoms with Crippen molar-refractivity contribution in [2.75, 3.05) is 37.6 Å². The molecule has 1 fully saturated rings. The first-order valence-corrected chi connectivity index (χ1v) is 9.18. The highest BCUT2D eigenvalue weighted by Gasteiger charge is 2.30. The predicted molar refractivity (Wildman–Crippen MR) is 117 cm³/mol. The molecule has 3 rings (SSSR count). The molecular weight excluding hydrogens is 496 g/mol. The van der Waals surface area contributed by atoms with E-state index in [9.17, 15) is 13.2 Å². The summed E-state index contributed by atoms with van der Waals surface area (Å²) >= 11 is 0. The van der Waals surface area contributed by atoms with Gasteiger partial charge in [0.15, 0.2) is 5.96 Å². The fraction of sp³-hybridized carbons (Fsp3) is 0.421. The van der Waals surface area contributed by atoms with Crippen molar-refractivity contribution in [3.63, 3.8) is 0 Å². The zero-order valence-electron chi connectivity index (χ0n) is 16.1. The van der Waals surface area contributed by atoms with Crippen molar-refractivity contribution in [3.05, 3.63) is 53.9 Å². The summed E-state index contributed by atoms with van der Waals surface area (Å²) in [5, 5.41) is 3.23. The molecule has 1 aromatic carbocycles. The molecule has 1 aromatic heterocycles. The Morgan fingerprint density at radius 1 is 1.10 bits per heavy atom. The van der Waals surface area contributed by atoms with Crippen LogP contribution in [0.4, 0.5) is 19.1 Å². The number of guanidine groups is 1. The van der Waals surface area contributed by atoms with Gasteiger partial charge in [-0.3, -0.25) is 0 Å². The standard InChI is InChI=1S/C19H23F3N6.HI/c1-2-23-17(26-14-15-5-3-6-16(13-15)19(20,21)22)27-9-11-28(12-10-27)18-24-7-4-8-25-18;/h3-8,13H,2,9-12,14H2,1H3,(H,23,26);1H. The Bertz CT molecular complexity index is 792. The molecule has 1 aliphatic heterocycles. The maximum atomic E-state index is 12.9. The fourth-order valence-electron chi connectivity index (χ4n) is 3.01. The number of alkyl halides is 3. The summed E-state index contributed by atoms with van der Waals surface area (Å²) in [5.41, 5.74) is -0.122. The number of anilines is 1. The number of rotatable bonds is 4. The van der Waals surface area contributed by atoms with Gasteiger partial charge in [0.25, 0.3) is 0 Å². The van der Waals surface area contributed by atoms with Crippen LogP contribution < -0.4 is 10.2 Å². The number of piperazine rings is 1. The Morgan fingerprint density at radius 2 is 1.79 bits per heavy atom. The minimum absolute atomic E-state index is 0. The van der Waals surface area contributed by atoms with Gasteiger partial charge in [0.1, 0.15) is 0 Å². The lowest BCUT2D eigenvalue weighted by atomic mass is 10.1. The summed E-state index contributed by atoms with van der Waals surface area (Å²) in [5.74, 6) is 1.40. The zero-order chi connectivity index (χ0) is 20.0. The zero-order valence-corrected chi connectivity index (χ0v) is 18.4. The van der Waals surface area contributed by atoms with E-state index in [0.29, 0.717) is 24.0 Å². The Balaban J connectivity index is 0.00000300. The van der Waals surface area contributed by atoms with Gasteiger partial charge in [-0.1, -0.05) is 12.1 Å². The Morgan fingerprint density at radius 3 is 2.41 bits per heavy atom. The third-order valence-corrected chi connectivity index (χ3v) is 4.41. The van der Waals surface area contributed by atoms with Crippen LogP contribution >= 0.6 is 24.0 Å². The second-order valence-corrected chi connectivity index (χ2v) is 6.39. The van der Waals surface area contributed by atoms with Crippen molar-refractivity contribution < 1.29 is 13.2 Å². The molecule has 0 unspecified atom stereocenters. The first-order valence-electron chi connectivity index (χ1n) is 9.18. The normalized spacial score (nSPS) is 15.1. The van der Waals surface area contributed by atoms with Gasteiger partial charge < -0.3 is 15.1 Å².